The first-order chi connectivity index (χ1) is 13.0. The molecule has 142 valence electrons. The second kappa shape index (κ2) is 7.66. The smallest absolute Gasteiger partial charge is 0.261 e. The maximum atomic E-state index is 12.7. The summed E-state index contributed by atoms with van der Waals surface area (Å²) in [6.45, 7) is 4.54. The van der Waals surface area contributed by atoms with Crippen LogP contribution in [0.1, 0.15) is 39.8 Å². The summed E-state index contributed by atoms with van der Waals surface area (Å²) < 4.78 is 1.05. The summed E-state index contributed by atoms with van der Waals surface area (Å²) >= 11 is 3.09. The first-order valence-corrected chi connectivity index (χ1v) is 10.9. The van der Waals surface area contributed by atoms with Crippen molar-refractivity contribution in [2.24, 2.45) is 11.7 Å². The van der Waals surface area contributed by atoms with Gasteiger partial charge in [0.25, 0.3) is 5.91 Å². The summed E-state index contributed by atoms with van der Waals surface area (Å²) in [5.74, 6) is 0.205. The van der Waals surface area contributed by atoms with Crippen LogP contribution >= 0.6 is 23.1 Å². The lowest BCUT2D eigenvalue weighted by molar-refractivity contribution is 0.0218. The molecule has 2 bridgehead atoms. The Balaban J connectivity index is 1.40. The Morgan fingerprint density at radius 2 is 1.85 bits per heavy atom. The maximum Gasteiger partial charge on any atom is 0.261 e. The molecule has 0 spiro atoms. The van der Waals surface area contributed by atoms with E-state index < -0.39 is 5.91 Å². The van der Waals surface area contributed by atoms with Crippen LogP contribution in [0.3, 0.4) is 0 Å². The number of primary amides is 1. The molecule has 2 amide bonds. The molecule has 2 atom stereocenters. The lowest BCUT2D eigenvalue weighted by Crippen LogP contribution is -2.62. The zero-order valence-electron chi connectivity index (χ0n) is 15.2. The number of rotatable bonds is 5. The molecule has 5 nitrogen and oxygen atoms in total. The van der Waals surface area contributed by atoms with Crippen LogP contribution < -0.4 is 11.1 Å². The predicted octanol–water partition coefficient (Wildman–Crippen LogP) is 3.21. The van der Waals surface area contributed by atoms with Crippen LogP contribution in [0.2, 0.25) is 0 Å². The van der Waals surface area contributed by atoms with Crippen molar-refractivity contribution in [3.05, 3.63) is 46.8 Å². The van der Waals surface area contributed by atoms with Gasteiger partial charge in [-0.25, -0.2) is 0 Å². The minimum absolute atomic E-state index is 0.0292. The van der Waals surface area contributed by atoms with Crippen LogP contribution in [-0.4, -0.2) is 41.9 Å². The van der Waals surface area contributed by atoms with Gasteiger partial charge in [-0.2, -0.15) is 0 Å². The van der Waals surface area contributed by atoms with Crippen molar-refractivity contribution in [2.75, 3.05) is 13.1 Å². The largest absolute Gasteiger partial charge is 0.366 e. The third kappa shape index (κ3) is 3.90. The van der Waals surface area contributed by atoms with Crippen LogP contribution in [0.25, 0.3) is 0 Å². The fraction of sp³-hybridized carbons (Fsp3) is 0.400. The first-order valence-electron chi connectivity index (χ1n) is 9.24. The normalized spacial score (nSPS) is 26.7. The molecule has 0 saturated carbocycles. The highest BCUT2D eigenvalue weighted by Crippen LogP contribution is 2.35. The van der Waals surface area contributed by atoms with Crippen molar-refractivity contribution in [3.63, 3.8) is 0 Å². The quantitative estimate of drug-likeness (QED) is 0.807. The average molecular weight is 402 g/mol. The number of hydrogen-bond donors (Lipinski definition) is 2. The van der Waals surface area contributed by atoms with Gasteiger partial charge in [-0.15, -0.1) is 11.3 Å². The second-order valence-corrected chi connectivity index (χ2v) is 9.68. The number of thiophene rings is 1. The number of fused-ring (bicyclic) bond motifs is 3. The van der Waals surface area contributed by atoms with Gasteiger partial charge in [0.15, 0.2) is 0 Å². The van der Waals surface area contributed by atoms with E-state index in [1.54, 1.807) is 23.9 Å². The molecule has 2 aromatic rings. The Morgan fingerprint density at radius 1 is 1.15 bits per heavy atom. The van der Waals surface area contributed by atoms with Crippen molar-refractivity contribution >= 4 is 34.9 Å². The van der Waals surface area contributed by atoms with E-state index in [9.17, 15) is 9.59 Å². The van der Waals surface area contributed by atoms with E-state index in [1.807, 2.05) is 24.3 Å². The summed E-state index contributed by atoms with van der Waals surface area (Å²) in [4.78, 5) is 28.1. The average Bonchev–Trinajstić information content (AvgIpc) is 3.14. The van der Waals surface area contributed by atoms with Crippen molar-refractivity contribution < 1.29 is 9.59 Å². The van der Waals surface area contributed by atoms with E-state index >= 15 is 0 Å². The second-order valence-electron chi connectivity index (χ2n) is 7.22. The number of nitrogens with one attached hydrogen (secondary N) is 1. The molecule has 3 fully saturated rings. The minimum atomic E-state index is -0.427. The van der Waals surface area contributed by atoms with Gasteiger partial charge >= 0.3 is 0 Å². The molecule has 5 rings (SSSR count). The molecule has 0 aliphatic carbocycles. The number of hydrogen-bond acceptors (Lipinski definition) is 5. The van der Waals surface area contributed by atoms with Gasteiger partial charge in [0.05, 0.1) is 9.09 Å². The van der Waals surface area contributed by atoms with Crippen LogP contribution in [0, 0.1) is 5.92 Å². The van der Waals surface area contributed by atoms with Crippen molar-refractivity contribution in [1.82, 2.24) is 10.2 Å². The number of carbonyl (C=O) groups is 2. The highest BCUT2D eigenvalue weighted by atomic mass is 32.2. The van der Waals surface area contributed by atoms with E-state index in [4.69, 9.17) is 5.73 Å². The Hall–Kier alpha value is -1.83. The summed E-state index contributed by atoms with van der Waals surface area (Å²) in [5.41, 5.74) is 5.77. The van der Waals surface area contributed by atoms with Crippen LogP contribution in [0.5, 0.6) is 0 Å². The number of benzene rings is 1. The zero-order chi connectivity index (χ0) is 19.0. The molecule has 3 N–H and O–H groups in total. The topological polar surface area (TPSA) is 75.4 Å². The summed E-state index contributed by atoms with van der Waals surface area (Å²) in [6, 6.07) is 11.7. The molecule has 1 aromatic carbocycles. The number of carbonyl (C=O) groups excluding carboxylic acids is 2. The lowest BCUT2D eigenvalue weighted by atomic mass is 9.79. The van der Waals surface area contributed by atoms with Crippen LogP contribution in [0.4, 0.5) is 0 Å². The highest BCUT2D eigenvalue weighted by Gasteiger charge is 2.40. The summed E-state index contributed by atoms with van der Waals surface area (Å²) in [5, 5.41) is 3.28. The van der Waals surface area contributed by atoms with Gasteiger partial charge < -0.3 is 11.1 Å². The highest BCUT2D eigenvalue weighted by molar-refractivity contribution is 8.01. The fourth-order valence-corrected chi connectivity index (χ4v) is 6.07. The summed E-state index contributed by atoms with van der Waals surface area (Å²) in [6.07, 6.45) is 2.37. The standard InChI is InChI=1S/C20H23N3O2S2/c1-12-18(13-8-10-23(12)11-9-13)22-20(25)16-6-7-17(27-16)26-15-4-2-14(3-5-15)19(21)24/h2-7,12-13,18H,8-11H2,1H3,(H2,21,24)(H,22,25)/t12-,18-/m0/s1. The molecule has 7 heteroatoms. The van der Waals surface area contributed by atoms with Crippen molar-refractivity contribution in [1.29, 1.82) is 0 Å². The van der Waals surface area contributed by atoms with E-state index in [0.29, 0.717) is 17.5 Å². The minimum Gasteiger partial charge on any atom is -0.366 e. The summed E-state index contributed by atoms with van der Waals surface area (Å²) in [7, 11) is 0. The van der Waals surface area contributed by atoms with Gasteiger partial charge in [0.1, 0.15) is 0 Å². The maximum absolute atomic E-state index is 12.7. The number of amides is 2. The number of nitrogens with zero attached hydrogens (tertiary/aromatic N) is 1. The van der Waals surface area contributed by atoms with Gasteiger partial charge in [-0.05, 0) is 75.2 Å². The Morgan fingerprint density at radius 3 is 2.48 bits per heavy atom. The molecule has 0 unspecified atom stereocenters. The Kier molecular flexibility index (Phi) is 5.25. The van der Waals surface area contributed by atoms with Gasteiger partial charge in [-0.3, -0.25) is 14.5 Å². The van der Waals surface area contributed by atoms with Crippen molar-refractivity contribution in [3.8, 4) is 0 Å². The Bertz CT molecular complexity index is 839. The fourth-order valence-electron chi connectivity index (χ4n) is 4.07. The van der Waals surface area contributed by atoms with Crippen molar-refractivity contribution in [2.45, 2.75) is 41.0 Å². The molecule has 3 saturated heterocycles. The van der Waals surface area contributed by atoms with E-state index in [0.717, 1.165) is 27.1 Å². The first kappa shape index (κ1) is 18.5. The van der Waals surface area contributed by atoms with Gasteiger partial charge in [0, 0.05) is 22.5 Å². The van der Waals surface area contributed by atoms with Gasteiger partial charge in [0.2, 0.25) is 5.91 Å². The molecule has 27 heavy (non-hydrogen) atoms. The molecule has 1 aromatic heterocycles. The molecular formula is C20H23N3O2S2. The predicted molar refractivity (Wildman–Crippen MR) is 108 cm³/mol. The van der Waals surface area contributed by atoms with E-state index in [1.165, 1.54) is 24.2 Å². The van der Waals surface area contributed by atoms with Crippen LogP contribution in [0.15, 0.2) is 45.5 Å². The Labute approximate surface area is 167 Å². The lowest BCUT2D eigenvalue weighted by Gasteiger charge is -2.49. The molecular weight excluding hydrogens is 378 g/mol. The third-order valence-electron chi connectivity index (χ3n) is 5.64. The molecule has 0 radical (unpaired) electrons. The molecule has 4 heterocycles. The number of nitrogens with two attached hydrogens (primary N) is 1. The number of piperidine rings is 3. The van der Waals surface area contributed by atoms with E-state index in [2.05, 4.69) is 17.1 Å². The van der Waals surface area contributed by atoms with Gasteiger partial charge in [-0.1, -0.05) is 11.8 Å². The monoisotopic (exact) mass is 401 g/mol. The van der Waals surface area contributed by atoms with E-state index in [-0.39, 0.29) is 11.9 Å². The third-order valence-corrected chi connectivity index (χ3v) is 7.86. The zero-order valence-corrected chi connectivity index (χ0v) is 16.8. The SMILES string of the molecule is C[C@H]1[C@H](NC(=O)c2ccc(Sc3ccc(C(N)=O)cc3)s2)C2CCN1CC2. The molecule has 3 aliphatic rings. The molecule has 3 aliphatic heterocycles. The van der Waals surface area contributed by atoms with Crippen LogP contribution in [-0.2, 0) is 0 Å².